The lowest BCUT2D eigenvalue weighted by atomic mass is 9.97. The van der Waals surface area contributed by atoms with Crippen molar-refractivity contribution in [3.05, 3.63) is 76.0 Å². The third kappa shape index (κ3) is 2.49. The molecule has 1 aliphatic heterocycles. The maximum absolute atomic E-state index is 12.6. The first-order valence-corrected chi connectivity index (χ1v) is 8.38. The number of hydrogen-bond donors (Lipinski definition) is 0. The molecule has 6 heteroatoms. The molecule has 2 aliphatic rings. The van der Waals surface area contributed by atoms with Crippen molar-refractivity contribution in [2.24, 2.45) is 5.92 Å². The van der Waals surface area contributed by atoms with E-state index in [2.05, 4.69) is 15.9 Å². The van der Waals surface area contributed by atoms with Crippen molar-refractivity contribution in [1.29, 1.82) is 0 Å². The average molecular weight is 399 g/mol. The summed E-state index contributed by atoms with van der Waals surface area (Å²) in [7, 11) is 0. The van der Waals surface area contributed by atoms with Gasteiger partial charge < -0.3 is 9.47 Å². The minimum absolute atomic E-state index is 0.0484. The van der Waals surface area contributed by atoms with Gasteiger partial charge in [-0.2, -0.15) is 0 Å². The topological polar surface area (TPSA) is 69.7 Å². The van der Waals surface area contributed by atoms with Crippen LogP contribution in [0.25, 0.3) is 0 Å². The van der Waals surface area contributed by atoms with Gasteiger partial charge in [-0.25, -0.2) is 4.79 Å². The van der Waals surface area contributed by atoms with E-state index in [1.165, 1.54) is 0 Å². The van der Waals surface area contributed by atoms with Crippen molar-refractivity contribution in [2.75, 3.05) is 0 Å². The Kier molecular flexibility index (Phi) is 3.77. The Labute approximate surface area is 151 Å². The molecule has 0 saturated carbocycles. The number of cyclic esters (lactones) is 1. The molecule has 0 saturated heterocycles. The Bertz CT molecular complexity index is 897. The highest BCUT2D eigenvalue weighted by Crippen LogP contribution is 2.39. The number of ether oxygens (including phenoxy) is 2. The molecule has 1 heterocycles. The quantitative estimate of drug-likeness (QED) is 0.585. The number of ketones is 2. The molecule has 5 nitrogen and oxygen atoms in total. The van der Waals surface area contributed by atoms with Crippen LogP contribution in [0, 0.1) is 5.92 Å². The predicted octanol–water partition coefficient (Wildman–Crippen LogP) is 3.29. The third-order valence-electron chi connectivity index (χ3n) is 4.17. The molecule has 0 fully saturated rings. The van der Waals surface area contributed by atoms with Crippen LogP contribution in [0.5, 0.6) is 5.75 Å². The molecule has 124 valence electrons. The van der Waals surface area contributed by atoms with Crippen LogP contribution in [-0.4, -0.2) is 23.6 Å². The molecule has 0 N–H and O–H groups in total. The summed E-state index contributed by atoms with van der Waals surface area (Å²) in [6.45, 7) is 0. The van der Waals surface area contributed by atoms with Crippen LogP contribution in [0.3, 0.4) is 0 Å². The standard InChI is InChI=1S/C19H11BrO5/c20-14-17(13-15(21)11-8-4-5-9-12(11)16(13)22)25-19(23)18(14)24-10-6-2-1-3-7-10/h1-9,13,17H. The highest BCUT2D eigenvalue weighted by atomic mass is 79.9. The van der Waals surface area contributed by atoms with Gasteiger partial charge in [0.05, 0.1) is 4.48 Å². The second kappa shape index (κ2) is 5.97. The van der Waals surface area contributed by atoms with Gasteiger partial charge in [0.1, 0.15) is 11.7 Å². The molecule has 1 atom stereocenters. The zero-order valence-electron chi connectivity index (χ0n) is 12.8. The van der Waals surface area contributed by atoms with Gasteiger partial charge in [0.2, 0.25) is 5.76 Å². The molecule has 2 aromatic rings. The second-order valence-corrected chi connectivity index (χ2v) is 6.52. The Hall–Kier alpha value is -2.73. The molecule has 4 rings (SSSR count). The fraction of sp³-hybridized carbons (Fsp3) is 0.105. The second-order valence-electron chi connectivity index (χ2n) is 5.67. The Balaban J connectivity index is 1.67. The van der Waals surface area contributed by atoms with Crippen molar-refractivity contribution in [2.45, 2.75) is 6.10 Å². The number of halogens is 1. The SMILES string of the molecule is O=C1OC(C2C(=O)c3ccccc3C2=O)C(Br)=C1Oc1ccccc1. The minimum atomic E-state index is -1.09. The normalized spacial score (nSPS) is 20.0. The summed E-state index contributed by atoms with van der Waals surface area (Å²) in [6.07, 6.45) is -1.02. The van der Waals surface area contributed by atoms with Crippen LogP contribution in [0.2, 0.25) is 0 Å². The molecular weight excluding hydrogens is 388 g/mol. The van der Waals surface area contributed by atoms with Crippen molar-refractivity contribution >= 4 is 33.5 Å². The third-order valence-corrected chi connectivity index (χ3v) is 4.99. The van der Waals surface area contributed by atoms with E-state index in [9.17, 15) is 14.4 Å². The van der Waals surface area contributed by atoms with Crippen LogP contribution in [-0.2, 0) is 9.53 Å². The number of hydrogen-bond acceptors (Lipinski definition) is 5. The molecule has 25 heavy (non-hydrogen) atoms. The Morgan fingerprint density at radius 1 is 0.840 bits per heavy atom. The van der Waals surface area contributed by atoms with Gasteiger partial charge in [-0.1, -0.05) is 42.5 Å². The summed E-state index contributed by atoms with van der Waals surface area (Å²) in [5.74, 6) is -2.09. The summed E-state index contributed by atoms with van der Waals surface area (Å²) >= 11 is 3.28. The smallest absolute Gasteiger partial charge is 0.375 e. The summed E-state index contributed by atoms with van der Waals surface area (Å²) in [5, 5.41) is 0. The van der Waals surface area contributed by atoms with Gasteiger partial charge >= 0.3 is 5.97 Å². The molecule has 0 bridgehead atoms. The van der Waals surface area contributed by atoms with Crippen molar-refractivity contribution in [3.8, 4) is 5.75 Å². The lowest BCUT2D eigenvalue weighted by Crippen LogP contribution is -2.31. The van der Waals surface area contributed by atoms with Crippen LogP contribution < -0.4 is 4.74 Å². The number of Topliss-reactive ketones (excluding diaryl/α,β-unsaturated/α-hetero) is 2. The first kappa shape index (κ1) is 15.8. The minimum Gasteiger partial charge on any atom is -0.450 e. The predicted molar refractivity (Wildman–Crippen MR) is 91.5 cm³/mol. The first-order valence-electron chi connectivity index (χ1n) is 7.59. The maximum Gasteiger partial charge on any atom is 0.375 e. The van der Waals surface area contributed by atoms with Gasteiger partial charge in [-0.3, -0.25) is 9.59 Å². The zero-order valence-corrected chi connectivity index (χ0v) is 14.4. The van der Waals surface area contributed by atoms with E-state index in [4.69, 9.17) is 9.47 Å². The van der Waals surface area contributed by atoms with Crippen LogP contribution in [0.15, 0.2) is 64.8 Å². The Morgan fingerprint density at radius 2 is 1.40 bits per heavy atom. The lowest BCUT2D eigenvalue weighted by Gasteiger charge is -2.14. The number of esters is 1. The average Bonchev–Trinajstić information content (AvgIpc) is 3.04. The molecular formula is C19H11BrO5. The van der Waals surface area contributed by atoms with E-state index in [0.717, 1.165) is 0 Å². The number of carbonyl (C=O) groups excluding carboxylic acids is 3. The molecule has 1 aliphatic carbocycles. The van der Waals surface area contributed by atoms with Crippen molar-refractivity contribution in [3.63, 3.8) is 0 Å². The lowest BCUT2D eigenvalue weighted by molar-refractivity contribution is -0.142. The zero-order chi connectivity index (χ0) is 17.6. The largest absolute Gasteiger partial charge is 0.450 e. The van der Waals surface area contributed by atoms with Gasteiger partial charge in [0.25, 0.3) is 0 Å². The van der Waals surface area contributed by atoms with Crippen LogP contribution in [0.4, 0.5) is 0 Å². The number of rotatable bonds is 3. The van der Waals surface area contributed by atoms with Crippen molar-refractivity contribution in [1.82, 2.24) is 0 Å². The summed E-state index contributed by atoms with van der Waals surface area (Å²) in [5.41, 5.74) is 0.706. The van der Waals surface area contributed by atoms with E-state index in [1.807, 2.05) is 6.07 Å². The number of para-hydroxylation sites is 1. The van der Waals surface area contributed by atoms with E-state index >= 15 is 0 Å². The molecule has 1 unspecified atom stereocenters. The summed E-state index contributed by atoms with van der Waals surface area (Å²) in [6, 6.07) is 15.3. The van der Waals surface area contributed by atoms with Gasteiger partial charge in [-0.05, 0) is 28.1 Å². The number of fused-ring (bicyclic) bond motifs is 1. The number of benzene rings is 2. The van der Waals surface area contributed by atoms with E-state index in [1.54, 1.807) is 48.5 Å². The van der Waals surface area contributed by atoms with E-state index in [0.29, 0.717) is 16.9 Å². The van der Waals surface area contributed by atoms with Gasteiger partial charge in [-0.15, -0.1) is 0 Å². The molecule has 2 aromatic carbocycles. The Morgan fingerprint density at radius 3 is 2.00 bits per heavy atom. The van der Waals surface area contributed by atoms with E-state index < -0.39 is 18.0 Å². The monoisotopic (exact) mass is 398 g/mol. The molecule has 0 spiro atoms. The molecule has 0 amide bonds. The number of carbonyl (C=O) groups is 3. The summed E-state index contributed by atoms with van der Waals surface area (Å²) in [4.78, 5) is 37.4. The maximum atomic E-state index is 12.6. The fourth-order valence-corrected chi connectivity index (χ4v) is 3.60. The van der Waals surface area contributed by atoms with E-state index in [-0.39, 0.29) is 21.8 Å². The first-order chi connectivity index (χ1) is 12.1. The highest BCUT2D eigenvalue weighted by molar-refractivity contribution is 9.11. The summed E-state index contributed by atoms with van der Waals surface area (Å²) < 4.78 is 11.1. The fourth-order valence-electron chi connectivity index (χ4n) is 3.00. The van der Waals surface area contributed by atoms with Crippen LogP contribution >= 0.6 is 15.9 Å². The molecule has 0 radical (unpaired) electrons. The van der Waals surface area contributed by atoms with Gasteiger partial charge in [0.15, 0.2) is 17.7 Å². The van der Waals surface area contributed by atoms with Crippen molar-refractivity contribution < 1.29 is 23.9 Å². The molecule has 0 aromatic heterocycles. The van der Waals surface area contributed by atoms with Gasteiger partial charge in [0, 0.05) is 11.1 Å². The highest BCUT2D eigenvalue weighted by Gasteiger charge is 2.50. The van der Waals surface area contributed by atoms with Crippen LogP contribution in [0.1, 0.15) is 20.7 Å².